The second-order valence-electron chi connectivity index (χ2n) is 3.76. The van der Waals surface area contributed by atoms with Gasteiger partial charge in [-0.25, -0.2) is 13.1 Å². The number of hydrogen-bond donors (Lipinski definition) is 3. The van der Waals surface area contributed by atoms with Crippen LogP contribution in [-0.2, 0) is 14.8 Å². The van der Waals surface area contributed by atoms with Crippen LogP contribution in [0.5, 0.6) is 0 Å². The molecule has 4 N–H and O–H groups in total. The summed E-state index contributed by atoms with van der Waals surface area (Å²) in [5.41, 5.74) is 6.08. The summed E-state index contributed by atoms with van der Waals surface area (Å²) in [6.45, 7) is 2.11. The van der Waals surface area contributed by atoms with Gasteiger partial charge in [0.25, 0.3) is 0 Å². The molecule has 1 amide bonds. The topological polar surface area (TPSA) is 101 Å². The van der Waals surface area contributed by atoms with Crippen molar-refractivity contribution in [2.45, 2.75) is 11.8 Å². The van der Waals surface area contributed by atoms with Crippen molar-refractivity contribution in [3.05, 3.63) is 29.8 Å². The summed E-state index contributed by atoms with van der Waals surface area (Å²) < 4.78 is 26.0. The quantitative estimate of drug-likeness (QED) is 0.598. The fourth-order valence-corrected chi connectivity index (χ4v) is 2.29. The zero-order valence-electron chi connectivity index (χ0n) is 10.1. The van der Waals surface area contributed by atoms with Crippen molar-refractivity contribution in [2.75, 3.05) is 19.6 Å². The van der Waals surface area contributed by atoms with Crippen LogP contribution >= 0.6 is 0 Å². The minimum atomic E-state index is -3.51. The summed E-state index contributed by atoms with van der Waals surface area (Å²) in [7, 11) is -3.51. The van der Waals surface area contributed by atoms with Gasteiger partial charge in [0.1, 0.15) is 0 Å². The van der Waals surface area contributed by atoms with Crippen LogP contribution in [0, 0.1) is 6.92 Å². The standard InChI is InChI=1S/C11H17N3O3S/c1-9-2-4-10(5-3-9)18(16,17)14-7-6-13-11(15)8-12/h2-5,14H,6-8,12H2,1H3,(H,13,15). The SMILES string of the molecule is Cc1ccc(S(=O)(=O)NCCNC(=O)CN)cc1. The molecule has 0 saturated heterocycles. The Labute approximate surface area is 107 Å². The number of sulfonamides is 1. The summed E-state index contributed by atoms with van der Waals surface area (Å²) >= 11 is 0. The third-order valence-electron chi connectivity index (χ3n) is 2.26. The highest BCUT2D eigenvalue weighted by molar-refractivity contribution is 7.89. The number of amides is 1. The lowest BCUT2D eigenvalue weighted by atomic mass is 10.2. The summed E-state index contributed by atoms with van der Waals surface area (Å²) in [5.74, 6) is -0.315. The van der Waals surface area contributed by atoms with Crippen LogP contribution in [0.15, 0.2) is 29.2 Å². The van der Waals surface area contributed by atoms with E-state index in [-0.39, 0.29) is 30.4 Å². The Bertz CT molecular complexity index is 497. The maximum atomic E-state index is 11.8. The highest BCUT2D eigenvalue weighted by Gasteiger charge is 2.12. The van der Waals surface area contributed by atoms with Gasteiger partial charge in [0.05, 0.1) is 11.4 Å². The first kappa shape index (κ1) is 14.6. The number of carbonyl (C=O) groups is 1. The number of aryl methyl sites for hydroxylation is 1. The number of carbonyl (C=O) groups excluding carboxylic acids is 1. The van der Waals surface area contributed by atoms with Gasteiger partial charge < -0.3 is 11.1 Å². The molecule has 0 bridgehead atoms. The maximum Gasteiger partial charge on any atom is 0.240 e. The first-order valence-electron chi connectivity index (χ1n) is 5.49. The largest absolute Gasteiger partial charge is 0.354 e. The van der Waals surface area contributed by atoms with E-state index < -0.39 is 10.0 Å². The molecule has 100 valence electrons. The summed E-state index contributed by atoms with van der Waals surface area (Å²) in [6, 6.07) is 6.53. The highest BCUT2D eigenvalue weighted by atomic mass is 32.2. The van der Waals surface area contributed by atoms with Crippen molar-refractivity contribution in [2.24, 2.45) is 5.73 Å². The smallest absolute Gasteiger partial charge is 0.240 e. The molecule has 0 unspecified atom stereocenters. The van der Waals surface area contributed by atoms with Gasteiger partial charge in [0, 0.05) is 13.1 Å². The van der Waals surface area contributed by atoms with Gasteiger partial charge in [-0.3, -0.25) is 4.79 Å². The third kappa shape index (κ3) is 4.44. The Morgan fingerprint density at radius 2 is 1.83 bits per heavy atom. The van der Waals surface area contributed by atoms with Crippen molar-refractivity contribution in [1.29, 1.82) is 0 Å². The molecule has 0 radical (unpaired) electrons. The molecule has 0 aliphatic carbocycles. The van der Waals surface area contributed by atoms with Crippen LogP contribution in [0.1, 0.15) is 5.56 Å². The Morgan fingerprint density at radius 1 is 1.22 bits per heavy atom. The lowest BCUT2D eigenvalue weighted by Crippen LogP contribution is -2.37. The molecule has 18 heavy (non-hydrogen) atoms. The summed E-state index contributed by atoms with van der Waals surface area (Å²) in [5, 5.41) is 2.47. The van der Waals surface area contributed by atoms with Gasteiger partial charge in [-0.05, 0) is 19.1 Å². The zero-order valence-corrected chi connectivity index (χ0v) is 11.0. The number of benzene rings is 1. The third-order valence-corrected chi connectivity index (χ3v) is 3.73. The molecule has 1 aromatic rings. The van der Waals surface area contributed by atoms with Crippen LogP contribution in [0.4, 0.5) is 0 Å². The average Bonchev–Trinajstić information content (AvgIpc) is 2.35. The normalized spacial score (nSPS) is 11.2. The van der Waals surface area contributed by atoms with E-state index in [0.29, 0.717) is 0 Å². The van der Waals surface area contributed by atoms with Crippen molar-refractivity contribution in [3.8, 4) is 0 Å². The van der Waals surface area contributed by atoms with E-state index in [2.05, 4.69) is 10.0 Å². The predicted molar refractivity (Wildman–Crippen MR) is 68.4 cm³/mol. The van der Waals surface area contributed by atoms with Crippen molar-refractivity contribution in [3.63, 3.8) is 0 Å². The molecular weight excluding hydrogens is 254 g/mol. The van der Waals surface area contributed by atoms with Crippen molar-refractivity contribution in [1.82, 2.24) is 10.0 Å². The van der Waals surface area contributed by atoms with E-state index >= 15 is 0 Å². The highest BCUT2D eigenvalue weighted by Crippen LogP contribution is 2.09. The molecule has 0 saturated carbocycles. The zero-order chi connectivity index (χ0) is 13.6. The van der Waals surface area contributed by atoms with Crippen LogP contribution < -0.4 is 15.8 Å². The van der Waals surface area contributed by atoms with Gasteiger partial charge in [-0.2, -0.15) is 0 Å². The van der Waals surface area contributed by atoms with Crippen molar-refractivity contribution >= 4 is 15.9 Å². The van der Waals surface area contributed by atoms with E-state index in [9.17, 15) is 13.2 Å². The molecule has 0 aliphatic rings. The van der Waals surface area contributed by atoms with Gasteiger partial charge in [-0.15, -0.1) is 0 Å². The van der Waals surface area contributed by atoms with Gasteiger partial charge >= 0.3 is 0 Å². The molecular formula is C11H17N3O3S. The fourth-order valence-electron chi connectivity index (χ4n) is 1.26. The molecule has 0 atom stereocenters. The van der Waals surface area contributed by atoms with E-state index in [0.717, 1.165) is 5.56 Å². The second kappa shape index (κ2) is 6.48. The summed E-state index contributed by atoms with van der Waals surface area (Å²) in [6.07, 6.45) is 0. The van der Waals surface area contributed by atoms with Crippen LogP contribution in [0.3, 0.4) is 0 Å². The number of hydrogen-bond acceptors (Lipinski definition) is 4. The first-order chi connectivity index (χ1) is 8.45. The van der Waals surface area contributed by atoms with Gasteiger partial charge in [0.15, 0.2) is 0 Å². The molecule has 0 aliphatic heterocycles. The van der Waals surface area contributed by atoms with Crippen LogP contribution in [0.25, 0.3) is 0 Å². The molecule has 0 spiro atoms. The second-order valence-corrected chi connectivity index (χ2v) is 5.53. The lowest BCUT2D eigenvalue weighted by Gasteiger charge is -2.07. The minimum Gasteiger partial charge on any atom is -0.354 e. The number of nitrogens with one attached hydrogen (secondary N) is 2. The summed E-state index contributed by atoms with van der Waals surface area (Å²) in [4.78, 5) is 11.0. The molecule has 6 nitrogen and oxygen atoms in total. The van der Waals surface area contributed by atoms with Crippen LogP contribution in [-0.4, -0.2) is 34.0 Å². The van der Waals surface area contributed by atoms with Gasteiger partial charge in [0.2, 0.25) is 15.9 Å². The molecule has 1 rings (SSSR count). The maximum absolute atomic E-state index is 11.8. The van der Waals surface area contributed by atoms with E-state index in [1.165, 1.54) is 12.1 Å². The monoisotopic (exact) mass is 271 g/mol. The molecule has 7 heteroatoms. The Hall–Kier alpha value is -1.44. The predicted octanol–water partition coefficient (Wildman–Crippen LogP) is -0.652. The lowest BCUT2D eigenvalue weighted by molar-refractivity contribution is -0.119. The Balaban J connectivity index is 2.50. The van der Waals surface area contributed by atoms with Crippen LogP contribution in [0.2, 0.25) is 0 Å². The number of nitrogens with two attached hydrogens (primary N) is 1. The Kier molecular flexibility index (Phi) is 5.26. The molecule has 1 aromatic carbocycles. The Morgan fingerprint density at radius 3 is 2.39 bits per heavy atom. The average molecular weight is 271 g/mol. The van der Waals surface area contributed by atoms with E-state index in [4.69, 9.17) is 5.73 Å². The molecule has 0 fully saturated rings. The molecule has 0 aromatic heterocycles. The number of rotatable bonds is 6. The van der Waals surface area contributed by atoms with Gasteiger partial charge in [-0.1, -0.05) is 17.7 Å². The fraction of sp³-hybridized carbons (Fsp3) is 0.364. The first-order valence-corrected chi connectivity index (χ1v) is 6.97. The van der Waals surface area contributed by atoms with Crippen molar-refractivity contribution < 1.29 is 13.2 Å². The molecule has 0 heterocycles. The minimum absolute atomic E-state index is 0.106. The van der Waals surface area contributed by atoms with E-state index in [1.807, 2.05) is 6.92 Å². The van der Waals surface area contributed by atoms with E-state index in [1.54, 1.807) is 12.1 Å².